The lowest BCUT2D eigenvalue weighted by atomic mass is 10.1. The largest absolute Gasteiger partial charge is 0.480 e. The van der Waals surface area contributed by atoms with E-state index in [-0.39, 0.29) is 43.8 Å². The lowest BCUT2D eigenvalue weighted by Gasteiger charge is -2.32. The third-order valence-corrected chi connectivity index (χ3v) is 11.5. The van der Waals surface area contributed by atoms with Gasteiger partial charge >= 0.3 is 5.97 Å². The van der Waals surface area contributed by atoms with Crippen LogP contribution in [-0.2, 0) is 38.4 Å². The molecule has 0 spiro atoms. The van der Waals surface area contributed by atoms with E-state index >= 15 is 0 Å². The van der Waals surface area contributed by atoms with Gasteiger partial charge in [0.05, 0.1) is 6.04 Å². The van der Waals surface area contributed by atoms with E-state index in [0.29, 0.717) is 90.3 Å². The van der Waals surface area contributed by atoms with Crippen LogP contribution in [0.4, 0.5) is 0 Å². The van der Waals surface area contributed by atoms with Gasteiger partial charge in [0.2, 0.25) is 41.4 Å². The van der Waals surface area contributed by atoms with Crippen molar-refractivity contribution in [2.75, 3.05) is 39.3 Å². The summed E-state index contributed by atoms with van der Waals surface area (Å²) in [5.74, 6) is -4.37. The molecule has 7 amide bonds. The molecule has 0 aromatic carbocycles. The zero-order valence-electron chi connectivity index (χ0n) is 33.5. The van der Waals surface area contributed by atoms with Crippen molar-refractivity contribution in [2.45, 2.75) is 152 Å². The van der Waals surface area contributed by atoms with Crippen LogP contribution in [0.15, 0.2) is 0 Å². The van der Waals surface area contributed by atoms with Gasteiger partial charge in [-0.15, -0.1) is 0 Å². The number of carbonyl (C=O) groups excluding carboxylic acids is 7. The third-order valence-electron chi connectivity index (χ3n) is 11.5. The number of nitrogens with one attached hydrogen (secondary N) is 5. The molecule has 4 aliphatic heterocycles. The molecule has 0 aromatic heterocycles. The number of unbranched alkanes of at least 4 members (excludes halogenated alkanes) is 2. The predicted octanol–water partition coefficient (Wildman–Crippen LogP) is -1.97. The van der Waals surface area contributed by atoms with Crippen molar-refractivity contribution in [1.29, 1.82) is 0 Å². The molecule has 0 aliphatic carbocycles. The number of nitrogens with two attached hydrogens (primary N) is 2. The van der Waals surface area contributed by atoms with E-state index in [2.05, 4.69) is 26.6 Å². The number of carboxylic acid groups (broad SMARTS) is 1. The summed E-state index contributed by atoms with van der Waals surface area (Å²) in [7, 11) is 0. The number of carbonyl (C=O) groups is 8. The molecule has 19 nitrogen and oxygen atoms in total. The maximum atomic E-state index is 14.1. The molecule has 0 radical (unpaired) electrons. The molecule has 320 valence electrons. The highest BCUT2D eigenvalue weighted by Crippen LogP contribution is 2.24. The maximum absolute atomic E-state index is 14.1. The Morgan fingerprint density at radius 1 is 0.579 bits per heavy atom. The first-order valence-corrected chi connectivity index (χ1v) is 20.8. The molecular formula is C38H64N10O9. The first-order valence-electron chi connectivity index (χ1n) is 20.8. The number of carboxylic acids is 1. The summed E-state index contributed by atoms with van der Waals surface area (Å²) in [4.78, 5) is 111. The molecule has 57 heavy (non-hydrogen) atoms. The van der Waals surface area contributed by atoms with Crippen LogP contribution in [0.3, 0.4) is 0 Å². The van der Waals surface area contributed by atoms with Gasteiger partial charge in [-0.3, -0.25) is 33.6 Å². The average Bonchev–Trinajstić information content (AvgIpc) is 4.03. The van der Waals surface area contributed by atoms with Crippen molar-refractivity contribution < 1.29 is 43.5 Å². The van der Waals surface area contributed by atoms with Crippen molar-refractivity contribution in [3.8, 4) is 0 Å². The number of rotatable bonds is 20. The average molecular weight is 805 g/mol. The van der Waals surface area contributed by atoms with E-state index in [1.165, 1.54) is 21.6 Å². The van der Waals surface area contributed by atoms with Gasteiger partial charge in [0.25, 0.3) is 0 Å². The van der Waals surface area contributed by atoms with Gasteiger partial charge in [0, 0.05) is 19.6 Å². The number of hydrogen-bond donors (Lipinski definition) is 8. The second kappa shape index (κ2) is 22.0. The molecule has 19 heteroatoms. The van der Waals surface area contributed by atoms with Crippen molar-refractivity contribution in [1.82, 2.24) is 41.3 Å². The molecule has 4 saturated heterocycles. The normalized spacial score (nSPS) is 24.0. The highest BCUT2D eigenvalue weighted by molar-refractivity contribution is 5.98. The molecule has 0 aromatic rings. The highest BCUT2D eigenvalue weighted by Gasteiger charge is 2.43. The van der Waals surface area contributed by atoms with Gasteiger partial charge in [0.1, 0.15) is 42.3 Å². The van der Waals surface area contributed by atoms with Crippen LogP contribution < -0.4 is 38.1 Å². The van der Waals surface area contributed by atoms with Crippen LogP contribution in [0.25, 0.3) is 0 Å². The SMILES string of the molecule is C[C@H](NC(=O)[C@@H]1CCCN1)C(=O)N1CCC[C@H]1C(=O)N[C@@H](CCCCN)C(=O)N1CCC[C@H]1C(=O)N[C@@H](C)C(=O)N1CCC[C@H]1C(=O)N[C@@H](CCCCN)C(=O)O. The van der Waals surface area contributed by atoms with Gasteiger partial charge < -0.3 is 57.9 Å². The molecule has 10 N–H and O–H groups in total. The van der Waals surface area contributed by atoms with Gasteiger partial charge in [-0.05, 0) is 123 Å². The minimum absolute atomic E-state index is 0.205. The lowest BCUT2D eigenvalue weighted by molar-refractivity contribution is -0.146. The Morgan fingerprint density at radius 3 is 1.44 bits per heavy atom. The van der Waals surface area contributed by atoms with Crippen molar-refractivity contribution >= 4 is 47.3 Å². The molecule has 4 heterocycles. The smallest absolute Gasteiger partial charge is 0.326 e. The third kappa shape index (κ3) is 12.1. The summed E-state index contributed by atoms with van der Waals surface area (Å²) in [6.45, 7) is 5.47. The van der Waals surface area contributed by atoms with Crippen LogP contribution in [0.1, 0.15) is 104 Å². The van der Waals surface area contributed by atoms with Crippen molar-refractivity contribution in [2.24, 2.45) is 11.5 Å². The predicted molar refractivity (Wildman–Crippen MR) is 208 cm³/mol. The lowest BCUT2D eigenvalue weighted by Crippen LogP contribution is -2.59. The summed E-state index contributed by atoms with van der Waals surface area (Å²) >= 11 is 0. The topological polar surface area (TPSA) is 279 Å². The summed E-state index contributed by atoms with van der Waals surface area (Å²) in [6, 6.07) is -6.99. The number of nitrogens with zero attached hydrogens (tertiary/aromatic N) is 3. The van der Waals surface area contributed by atoms with E-state index in [1.54, 1.807) is 6.92 Å². The van der Waals surface area contributed by atoms with E-state index in [9.17, 15) is 43.5 Å². The monoisotopic (exact) mass is 804 g/mol. The quantitative estimate of drug-likeness (QED) is 0.0623. The minimum Gasteiger partial charge on any atom is -0.480 e. The van der Waals surface area contributed by atoms with Crippen molar-refractivity contribution in [3.63, 3.8) is 0 Å². The number of likely N-dealkylation sites (tertiary alicyclic amines) is 3. The highest BCUT2D eigenvalue weighted by atomic mass is 16.4. The van der Waals surface area contributed by atoms with Gasteiger partial charge in [-0.25, -0.2) is 4.79 Å². The second-order valence-electron chi connectivity index (χ2n) is 15.7. The molecular weight excluding hydrogens is 740 g/mol. The summed E-state index contributed by atoms with van der Waals surface area (Å²) < 4.78 is 0. The fourth-order valence-electron chi connectivity index (χ4n) is 8.30. The fourth-order valence-corrected chi connectivity index (χ4v) is 8.30. The molecule has 4 rings (SSSR count). The summed E-state index contributed by atoms with van der Waals surface area (Å²) in [5, 5.41) is 23.7. The number of aliphatic carboxylic acids is 1. The van der Waals surface area contributed by atoms with Crippen molar-refractivity contribution in [3.05, 3.63) is 0 Å². The number of amides is 7. The molecule has 4 aliphatic rings. The molecule has 8 atom stereocenters. The van der Waals surface area contributed by atoms with E-state index < -0.39 is 77.8 Å². The molecule has 0 saturated carbocycles. The van der Waals surface area contributed by atoms with Crippen LogP contribution in [0.5, 0.6) is 0 Å². The van der Waals surface area contributed by atoms with E-state index in [0.717, 1.165) is 13.0 Å². The first kappa shape index (κ1) is 45.3. The summed E-state index contributed by atoms with van der Waals surface area (Å²) in [5.41, 5.74) is 11.2. The fraction of sp³-hybridized carbons (Fsp3) is 0.789. The first-order chi connectivity index (χ1) is 27.3. The number of hydrogen-bond acceptors (Lipinski definition) is 11. The Morgan fingerprint density at radius 2 is 1.00 bits per heavy atom. The standard InChI is InChI=1S/C38H64N10O9/c1-23(42-31(49)25-13-7-19-41-25)35(53)46-20-8-15-29(46)33(51)44-26(11-3-5-17-39)37(55)48-22-10-14-28(48)32(50)43-24(2)36(54)47-21-9-16-30(47)34(52)45-27(38(56)57)12-4-6-18-40/h23-30,41H,3-22,39-40H2,1-2H3,(H,42,49)(H,43,50)(H,44,51)(H,45,52)(H,56,57)/t23-,24-,25-,26-,27-,28-,29-,30-/m0/s1. The summed E-state index contributed by atoms with van der Waals surface area (Å²) in [6.07, 6.45) is 6.98. The Hall–Kier alpha value is -4.36. The zero-order chi connectivity index (χ0) is 41.6. The molecule has 0 unspecified atom stereocenters. The second-order valence-corrected chi connectivity index (χ2v) is 15.7. The Kier molecular flexibility index (Phi) is 17.5. The van der Waals surface area contributed by atoms with E-state index in [1.807, 2.05) is 0 Å². The zero-order valence-corrected chi connectivity index (χ0v) is 33.5. The van der Waals surface area contributed by atoms with Gasteiger partial charge in [0.15, 0.2) is 0 Å². The molecule has 0 bridgehead atoms. The van der Waals surface area contributed by atoms with Crippen LogP contribution >= 0.6 is 0 Å². The van der Waals surface area contributed by atoms with E-state index in [4.69, 9.17) is 11.5 Å². The Balaban J connectivity index is 1.37. The minimum atomic E-state index is -1.17. The Bertz CT molecular complexity index is 1460. The van der Waals surface area contributed by atoms with Gasteiger partial charge in [-0.1, -0.05) is 0 Å². The Labute approximate surface area is 334 Å². The van der Waals surface area contributed by atoms with Crippen LogP contribution in [-0.4, -0.2) is 155 Å². The van der Waals surface area contributed by atoms with Gasteiger partial charge in [-0.2, -0.15) is 0 Å². The van der Waals surface area contributed by atoms with Crippen LogP contribution in [0.2, 0.25) is 0 Å². The van der Waals surface area contributed by atoms with Crippen LogP contribution in [0, 0.1) is 0 Å². The molecule has 4 fully saturated rings. The maximum Gasteiger partial charge on any atom is 0.326 e.